The molecule has 0 unspecified atom stereocenters. The first-order chi connectivity index (χ1) is 6.84. The molecule has 0 amide bonds. The molecule has 0 aromatic rings. The normalized spacial score (nSPS) is 12.3. The molecule has 0 saturated carbocycles. The summed E-state index contributed by atoms with van der Waals surface area (Å²) in [7, 11) is 0. The van der Waals surface area contributed by atoms with Crippen molar-refractivity contribution in [2.45, 2.75) is 19.3 Å². The highest BCUT2D eigenvalue weighted by atomic mass is 19.3. The van der Waals surface area contributed by atoms with Crippen molar-refractivity contribution in [3.63, 3.8) is 0 Å². The number of carboxylic acid groups (broad SMARTS) is 1. The average Bonchev–Trinajstić information content (AvgIpc) is 2.10. The second kappa shape index (κ2) is 6.10. The maximum atomic E-state index is 12.1. The zero-order chi connectivity index (χ0) is 12.0. The number of rotatable bonds is 6. The molecule has 0 aliphatic rings. The number of aliphatic imine (C=N–C) groups is 1. The van der Waals surface area contributed by atoms with Crippen molar-refractivity contribution in [3.8, 4) is 0 Å². The van der Waals surface area contributed by atoms with Gasteiger partial charge in [0.25, 0.3) is 12.9 Å². The van der Waals surface area contributed by atoms with Crippen molar-refractivity contribution in [2.75, 3.05) is 6.54 Å². The summed E-state index contributed by atoms with van der Waals surface area (Å²) in [6, 6.07) is 0. The summed E-state index contributed by atoms with van der Waals surface area (Å²) in [6.45, 7) is -0.920. The van der Waals surface area contributed by atoms with Crippen LogP contribution in [-0.2, 0) is 4.79 Å². The molecule has 0 radical (unpaired) electrons. The number of aliphatic carboxylic acids is 1. The predicted octanol–water partition coefficient (Wildman–Crippen LogP) is 1.45. The number of halogens is 4. The van der Waals surface area contributed by atoms with E-state index in [0.29, 0.717) is 0 Å². The molecule has 0 saturated heterocycles. The lowest BCUT2D eigenvalue weighted by Crippen LogP contribution is -2.21. The van der Waals surface area contributed by atoms with Gasteiger partial charge in [-0.15, -0.1) is 0 Å². The fraction of sp³-hybridized carbons (Fsp3) is 0.571. The molecule has 0 aromatic carbocycles. The Morgan fingerprint density at radius 2 is 1.80 bits per heavy atom. The van der Waals surface area contributed by atoms with Crippen molar-refractivity contribution in [1.82, 2.24) is 0 Å². The number of nitrogens with one attached hydrogen (secondary N) is 1. The Labute approximate surface area is 82.1 Å². The third kappa shape index (κ3) is 5.76. The molecule has 15 heavy (non-hydrogen) atoms. The van der Waals surface area contributed by atoms with E-state index in [2.05, 4.69) is 4.99 Å². The molecule has 86 valence electrons. The average molecular weight is 228 g/mol. The van der Waals surface area contributed by atoms with Gasteiger partial charge < -0.3 is 10.5 Å². The molecule has 0 aliphatic heterocycles. The lowest BCUT2D eigenvalue weighted by atomic mass is 10.2. The Bertz CT molecular complexity index is 278. The summed E-state index contributed by atoms with van der Waals surface area (Å²) in [5.74, 6) is -1.45. The summed E-state index contributed by atoms with van der Waals surface area (Å²) >= 11 is 0. The minimum Gasteiger partial charge on any atom is -0.480 e. The zero-order valence-corrected chi connectivity index (χ0v) is 7.38. The smallest absolute Gasteiger partial charge is 0.325 e. The van der Waals surface area contributed by atoms with Crippen molar-refractivity contribution < 1.29 is 27.5 Å². The fourth-order valence-electron chi connectivity index (χ4n) is 0.644. The lowest BCUT2D eigenvalue weighted by Gasteiger charge is -2.05. The van der Waals surface area contributed by atoms with Gasteiger partial charge in [-0.05, 0) is 0 Å². The second-order valence-corrected chi connectivity index (χ2v) is 2.50. The van der Waals surface area contributed by atoms with Gasteiger partial charge >= 0.3 is 5.97 Å². The van der Waals surface area contributed by atoms with E-state index in [0.717, 1.165) is 0 Å². The van der Waals surface area contributed by atoms with Gasteiger partial charge in [0.05, 0.1) is 11.4 Å². The number of hydrogen-bond acceptors (Lipinski definition) is 3. The van der Waals surface area contributed by atoms with E-state index >= 15 is 0 Å². The first-order valence-electron chi connectivity index (χ1n) is 3.73. The van der Waals surface area contributed by atoms with Crippen LogP contribution in [0.1, 0.15) is 6.42 Å². The van der Waals surface area contributed by atoms with E-state index < -0.39 is 43.2 Å². The number of nitrogens with zero attached hydrogens (tertiary/aromatic N) is 1. The monoisotopic (exact) mass is 228 g/mol. The molecule has 2 N–H and O–H groups in total. The maximum Gasteiger partial charge on any atom is 0.325 e. The summed E-state index contributed by atoms with van der Waals surface area (Å²) < 4.78 is 47.8. The van der Waals surface area contributed by atoms with E-state index in [-0.39, 0.29) is 0 Å². The summed E-state index contributed by atoms with van der Waals surface area (Å²) in [5.41, 5.74) is -2.22. The number of hydrogen-bond donors (Lipinski definition) is 2. The Kier molecular flexibility index (Phi) is 5.50. The highest BCUT2D eigenvalue weighted by Crippen LogP contribution is 2.07. The van der Waals surface area contributed by atoms with Gasteiger partial charge in [0.2, 0.25) is 0 Å². The SMILES string of the molecule is N=C(CC(=NCC(=O)O)C(F)F)C(F)F. The summed E-state index contributed by atoms with van der Waals surface area (Å²) in [6.07, 6.45) is -7.29. The van der Waals surface area contributed by atoms with E-state index in [9.17, 15) is 22.4 Å². The van der Waals surface area contributed by atoms with Gasteiger partial charge in [-0.1, -0.05) is 0 Å². The topological polar surface area (TPSA) is 73.5 Å². The first-order valence-corrected chi connectivity index (χ1v) is 3.73. The maximum absolute atomic E-state index is 12.1. The molecule has 0 spiro atoms. The van der Waals surface area contributed by atoms with Crippen LogP contribution in [0.2, 0.25) is 0 Å². The number of carboxylic acids is 1. The number of alkyl halides is 4. The molecule has 0 aliphatic carbocycles. The van der Waals surface area contributed by atoms with Crippen LogP contribution < -0.4 is 0 Å². The van der Waals surface area contributed by atoms with Crippen LogP contribution in [0, 0.1) is 5.41 Å². The van der Waals surface area contributed by atoms with E-state index in [1.807, 2.05) is 0 Å². The standard InChI is InChI=1S/C7H8F4N2O2/c8-6(9)3(12)1-4(7(10)11)13-2-5(14)15/h6-7,12H,1-2H2,(H,14,15). The molecule has 0 atom stereocenters. The van der Waals surface area contributed by atoms with Crippen LogP contribution in [0.5, 0.6) is 0 Å². The van der Waals surface area contributed by atoms with Crippen molar-refractivity contribution in [3.05, 3.63) is 0 Å². The van der Waals surface area contributed by atoms with Crippen LogP contribution in [0.3, 0.4) is 0 Å². The minimum absolute atomic E-state index is 0.920. The first kappa shape index (κ1) is 13.5. The van der Waals surface area contributed by atoms with Crippen molar-refractivity contribution in [2.24, 2.45) is 4.99 Å². The Hall–Kier alpha value is -1.47. The van der Waals surface area contributed by atoms with E-state index in [1.54, 1.807) is 0 Å². The van der Waals surface area contributed by atoms with Crippen molar-refractivity contribution in [1.29, 1.82) is 5.41 Å². The summed E-state index contributed by atoms with van der Waals surface area (Å²) in [4.78, 5) is 12.9. The lowest BCUT2D eigenvalue weighted by molar-refractivity contribution is -0.135. The number of carbonyl (C=O) groups is 1. The van der Waals surface area contributed by atoms with Crippen LogP contribution in [0.25, 0.3) is 0 Å². The quantitative estimate of drug-likeness (QED) is 0.533. The molecule has 8 heteroatoms. The van der Waals surface area contributed by atoms with Gasteiger partial charge in [-0.3, -0.25) is 9.79 Å². The van der Waals surface area contributed by atoms with Gasteiger partial charge in [0.1, 0.15) is 6.54 Å². The summed E-state index contributed by atoms with van der Waals surface area (Å²) in [5, 5.41) is 14.8. The third-order valence-electron chi connectivity index (χ3n) is 1.30. The van der Waals surface area contributed by atoms with E-state index in [4.69, 9.17) is 10.5 Å². The zero-order valence-electron chi connectivity index (χ0n) is 7.38. The van der Waals surface area contributed by atoms with Gasteiger partial charge in [-0.25, -0.2) is 17.6 Å². The Morgan fingerprint density at radius 1 is 1.27 bits per heavy atom. The molecule has 4 nitrogen and oxygen atoms in total. The molecule has 0 fully saturated rings. The molecular weight excluding hydrogens is 220 g/mol. The molecule has 0 heterocycles. The Morgan fingerprint density at radius 3 is 2.13 bits per heavy atom. The highest BCUT2D eigenvalue weighted by Gasteiger charge is 2.20. The van der Waals surface area contributed by atoms with Crippen LogP contribution in [-0.4, -0.2) is 41.9 Å². The van der Waals surface area contributed by atoms with Crippen LogP contribution in [0.4, 0.5) is 17.6 Å². The molecular formula is C7H8F4N2O2. The molecule has 0 aromatic heterocycles. The fourth-order valence-corrected chi connectivity index (χ4v) is 0.644. The molecule has 0 bridgehead atoms. The highest BCUT2D eigenvalue weighted by molar-refractivity contribution is 6.06. The second-order valence-electron chi connectivity index (χ2n) is 2.50. The van der Waals surface area contributed by atoms with Gasteiger partial charge in [0.15, 0.2) is 0 Å². The van der Waals surface area contributed by atoms with E-state index in [1.165, 1.54) is 0 Å². The van der Waals surface area contributed by atoms with Gasteiger partial charge in [-0.2, -0.15) is 0 Å². The minimum atomic E-state index is -3.14. The predicted molar refractivity (Wildman–Crippen MR) is 44.3 cm³/mol. The van der Waals surface area contributed by atoms with Crippen LogP contribution in [0.15, 0.2) is 4.99 Å². The van der Waals surface area contributed by atoms with Crippen LogP contribution >= 0.6 is 0 Å². The van der Waals surface area contributed by atoms with Gasteiger partial charge in [0, 0.05) is 6.42 Å². The largest absolute Gasteiger partial charge is 0.480 e. The van der Waals surface area contributed by atoms with Crippen molar-refractivity contribution >= 4 is 17.4 Å². The Balaban J connectivity index is 4.47. The third-order valence-corrected chi connectivity index (χ3v) is 1.30. The molecule has 0 rings (SSSR count).